The van der Waals surface area contributed by atoms with Crippen molar-refractivity contribution in [3.63, 3.8) is 0 Å². The zero-order chi connectivity index (χ0) is 12.2. The van der Waals surface area contributed by atoms with E-state index in [1.807, 2.05) is 0 Å². The highest BCUT2D eigenvalue weighted by Gasteiger charge is 2.15. The molecule has 16 heavy (non-hydrogen) atoms. The van der Waals surface area contributed by atoms with Crippen LogP contribution < -0.4 is 5.32 Å². The molecule has 0 heterocycles. The van der Waals surface area contributed by atoms with E-state index < -0.39 is 12.0 Å². The van der Waals surface area contributed by atoms with E-state index >= 15 is 0 Å². The summed E-state index contributed by atoms with van der Waals surface area (Å²) in [5, 5.41) is 20.3. The van der Waals surface area contributed by atoms with Gasteiger partial charge < -0.3 is 15.5 Å². The summed E-state index contributed by atoms with van der Waals surface area (Å²) in [6.07, 6.45) is 7.64. The molecule has 0 aliphatic heterocycles. The Morgan fingerprint density at radius 1 is 1.19 bits per heavy atom. The second-order valence-electron chi connectivity index (χ2n) is 4.12. The lowest BCUT2D eigenvalue weighted by Gasteiger charge is -2.13. The van der Waals surface area contributed by atoms with Crippen molar-refractivity contribution in [1.29, 1.82) is 0 Å². The fraction of sp³-hybridized carbons (Fsp3) is 0.917. The van der Waals surface area contributed by atoms with Crippen molar-refractivity contribution in [1.82, 2.24) is 5.32 Å². The molecule has 0 bridgehead atoms. The SMILES string of the molecule is CCCCCCCCC(NCCO)C(=O)O. The largest absolute Gasteiger partial charge is 0.480 e. The first kappa shape index (κ1) is 15.4. The maximum Gasteiger partial charge on any atom is 0.320 e. The Bertz CT molecular complexity index is 174. The van der Waals surface area contributed by atoms with Gasteiger partial charge >= 0.3 is 5.97 Å². The van der Waals surface area contributed by atoms with Crippen molar-refractivity contribution in [2.75, 3.05) is 13.2 Å². The predicted molar refractivity (Wildman–Crippen MR) is 64.5 cm³/mol. The summed E-state index contributed by atoms with van der Waals surface area (Å²) in [5.41, 5.74) is 0. The van der Waals surface area contributed by atoms with E-state index in [2.05, 4.69) is 12.2 Å². The van der Waals surface area contributed by atoms with E-state index in [1.165, 1.54) is 25.7 Å². The van der Waals surface area contributed by atoms with Gasteiger partial charge in [0.2, 0.25) is 0 Å². The maximum atomic E-state index is 10.8. The molecular weight excluding hydrogens is 206 g/mol. The molecule has 0 aliphatic rings. The van der Waals surface area contributed by atoms with Crippen LogP contribution in [0, 0.1) is 0 Å². The average molecular weight is 231 g/mol. The van der Waals surface area contributed by atoms with E-state index in [9.17, 15) is 4.79 Å². The Balaban J connectivity index is 3.48. The van der Waals surface area contributed by atoms with Gasteiger partial charge in [-0.3, -0.25) is 4.79 Å². The van der Waals surface area contributed by atoms with E-state index in [1.54, 1.807) is 0 Å². The summed E-state index contributed by atoms with van der Waals surface area (Å²) >= 11 is 0. The molecule has 1 atom stereocenters. The van der Waals surface area contributed by atoms with Crippen molar-refractivity contribution >= 4 is 5.97 Å². The molecular formula is C12H25NO3. The quantitative estimate of drug-likeness (QED) is 0.474. The van der Waals surface area contributed by atoms with Crippen molar-refractivity contribution in [2.24, 2.45) is 0 Å². The number of rotatable bonds is 11. The highest BCUT2D eigenvalue weighted by atomic mass is 16.4. The Morgan fingerprint density at radius 2 is 1.81 bits per heavy atom. The van der Waals surface area contributed by atoms with Crippen LogP contribution in [0.3, 0.4) is 0 Å². The van der Waals surface area contributed by atoms with Crippen molar-refractivity contribution in [3.8, 4) is 0 Å². The van der Waals surface area contributed by atoms with Crippen LogP contribution in [0.25, 0.3) is 0 Å². The Hall–Kier alpha value is -0.610. The first-order chi connectivity index (χ1) is 7.72. The highest BCUT2D eigenvalue weighted by molar-refractivity contribution is 5.73. The van der Waals surface area contributed by atoms with Gasteiger partial charge in [0.25, 0.3) is 0 Å². The molecule has 0 aromatic rings. The van der Waals surface area contributed by atoms with Crippen molar-refractivity contribution < 1.29 is 15.0 Å². The lowest BCUT2D eigenvalue weighted by molar-refractivity contribution is -0.139. The van der Waals surface area contributed by atoms with Crippen LogP contribution in [0.4, 0.5) is 0 Å². The Morgan fingerprint density at radius 3 is 2.38 bits per heavy atom. The normalized spacial score (nSPS) is 12.6. The number of hydrogen-bond donors (Lipinski definition) is 3. The molecule has 0 spiro atoms. The standard InChI is InChI=1S/C12H25NO3/c1-2-3-4-5-6-7-8-11(12(15)16)13-9-10-14/h11,13-14H,2-10H2,1H3,(H,15,16). The minimum Gasteiger partial charge on any atom is -0.480 e. The monoisotopic (exact) mass is 231 g/mol. The zero-order valence-electron chi connectivity index (χ0n) is 10.2. The van der Waals surface area contributed by atoms with Gasteiger partial charge in [0.15, 0.2) is 0 Å². The lowest BCUT2D eigenvalue weighted by Crippen LogP contribution is -2.38. The van der Waals surface area contributed by atoms with Crippen molar-refractivity contribution in [3.05, 3.63) is 0 Å². The molecule has 4 nitrogen and oxygen atoms in total. The molecule has 0 fully saturated rings. The molecule has 0 aromatic heterocycles. The summed E-state index contributed by atoms with van der Waals surface area (Å²) in [6.45, 7) is 2.52. The fourth-order valence-electron chi connectivity index (χ4n) is 1.68. The van der Waals surface area contributed by atoms with E-state index in [0.717, 1.165) is 12.8 Å². The number of unbranched alkanes of at least 4 members (excludes halogenated alkanes) is 5. The van der Waals surface area contributed by atoms with Crippen LogP contribution in [0.1, 0.15) is 51.9 Å². The zero-order valence-corrected chi connectivity index (χ0v) is 10.2. The third kappa shape index (κ3) is 8.68. The minimum absolute atomic E-state index is 0.0136. The van der Waals surface area contributed by atoms with E-state index in [0.29, 0.717) is 13.0 Å². The fourth-order valence-corrected chi connectivity index (χ4v) is 1.68. The molecule has 0 saturated carbocycles. The summed E-state index contributed by atoms with van der Waals surface area (Å²) < 4.78 is 0. The summed E-state index contributed by atoms with van der Waals surface area (Å²) in [6, 6.07) is -0.502. The lowest BCUT2D eigenvalue weighted by atomic mass is 10.1. The smallest absolute Gasteiger partial charge is 0.320 e. The third-order valence-corrected chi connectivity index (χ3v) is 2.65. The Kier molecular flexibility index (Phi) is 10.5. The van der Waals surface area contributed by atoms with Gasteiger partial charge in [-0.15, -0.1) is 0 Å². The molecule has 1 unspecified atom stereocenters. The highest BCUT2D eigenvalue weighted by Crippen LogP contribution is 2.08. The van der Waals surface area contributed by atoms with Crippen LogP contribution >= 0.6 is 0 Å². The van der Waals surface area contributed by atoms with Gasteiger partial charge in [-0.25, -0.2) is 0 Å². The molecule has 0 saturated heterocycles. The van der Waals surface area contributed by atoms with Gasteiger partial charge in [-0.1, -0.05) is 45.4 Å². The van der Waals surface area contributed by atoms with Crippen LogP contribution in [0.5, 0.6) is 0 Å². The van der Waals surface area contributed by atoms with Gasteiger partial charge in [0.1, 0.15) is 6.04 Å². The van der Waals surface area contributed by atoms with Crippen LogP contribution in [0.2, 0.25) is 0 Å². The van der Waals surface area contributed by atoms with Crippen molar-refractivity contribution in [2.45, 2.75) is 57.9 Å². The molecule has 96 valence electrons. The topological polar surface area (TPSA) is 69.6 Å². The molecule has 0 rings (SSSR count). The summed E-state index contributed by atoms with van der Waals surface area (Å²) in [7, 11) is 0. The second-order valence-corrected chi connectivity index (χ2v) is 4.12. The molecule has 0 amide bonds. The first-order valence-electron chi connectivity index (χ1n) is 6.29. The average Bonchev–Trinajstić information content (AvgIpc) is 2.26. The van der Waals surface area contributed by atoms with Crippen LogP contribution in [0.15, 0.2) is 0 Å². The van der Waals surface area contributed by atoms with Crippen LogP contribution in [-0.2, 0) is 4.79 Å². The number of hydrogen-bond acceptors (Lipinski definition) is 3. The maximum absolute atomic E-state index is 10.8. The van der Waals surface area contributed by atoms with Gasteiger partial charge in [0.05, 0.1) is 6.61 Å². The number of aliphatic hydroxyl groups is 1. The molecule has 4 heteroatoms. The van der Waals surface area contributed by atoms with Gasteiger partial charge in [0, 0.05) is 6.54 Å². The van der Waals surface area contributed by atoms with E-state index in [-0.39, 0.29) is 6.61 Å². The molecule has 0 aromatic carbocycles. The van der Waals surface area contributed by atoms with Gasteiger partial charge in [-0.2, -0.15) is 0 Å². The molecule has 3 N–H and O–H groups in total. The number of carbonyl (C=O) groups is 1. The number of aliphatic carboxylic acids is 1. The summed E-state index contributed by atoms with van der Waals surface area (Å²) in [5.74, 6) is -0.818. The predicted octanol–water partition coefficient (Wildman–Crippen LogP) is 1.77. The second kappa shape index (κ2) is 10.9. The number of aliphatic hydroxyl groups excluding tert-OH is 1. The summed E-state index contributed by atoms with van der Waals surface area (Å²) in [4.78, 5) is 10.8. The van der Waals surface area contributed by atoms with Gasteiger partial charge in [-0.05, 0) is 6.42 Å². The van der Waals surface area contributed by atoms with E-state index in [4.69, 9.17) is 10.2 Å². The molecule has 0 radical (unpaired) electrons. The third-order valence-electron chi connectivity index (χ3n) is 2.65. The first-order valence-corrected chi connectivity index (χ1v) is 6.29. The Labute approximate surface area is 98.1 Å². The molecule has 0 aliphatic carbocycles. The number of nitrogens with one attached hydrogen (secondary N) is 1. The van der Waals surface area contributed by atoms with Crippen LogP contribution in [-0.4, -0.2) is 35.4 Å². The number of carboxylic acids is 1. The minimum atomic E-state index is -0.818. The number of carboxylic acid groups (broad SMARTS) is 1.